The lowest BCUT2D eigenvalue weighted by atomic mass is 10.0. The molecule has 5 rings (SSSR count). The molecule has 3 amide bonds. The monoisotopic (exact) mass is 475 g/mol. The Kier molecular flexibility index (Phi) is 6.26. The molecule has 1 saturated heterocycles. The summed E-state index contributed by atoms with van der Waals surface area (Å²) in [6, 6.07) is 19.2. The minimum atomic E-state index is -0.191. The molecule has 0 saturated carbocycles. The van der Waals surface area contributed by atoms with Gasteiger partial charge in [0, 0.05) is 30.9 Å². The highest BCUT2D eigenvalue weighted by atomic mass is 35.5. The van der Waals surface area contributed by atoms with E-state index in [1.54, 1.807) is 4.90 Å². The van der Waals surface area contributed by atoms with Gasteiger partial charge in [0.15, 0.2) is 0 Å². The third-order valence-corrected chi connectivity index (χ3v) is 6.66. The SMILES string of the molecule is Cc1ccc(NC(=O)N2CCc3cc(-c4ccc(C(=O)N5CCOCC5)cc4)ccc32)c(Cl)c1. The van der Waals surface area contributed by atoms with Crippen LogP contribution in [0.4, 0.5) is 16.2 Å². The second-order valence-corrected chi connectivity index (χ2v) is 9.05. The van der Waals surface area contributed by atoms with Crippen LogP contribution in [-0.2, 0) is 11.2 Å². The molecule has 0 atom stereocenters. The number of aryl methyl sites for hydroxylation is 1. The Labute approximate surface area is 204 Å². The van der Waals surface area contributed by atoms with Crippen LogP contribution in [0.15, 0.2) is 60.7 Å². The van der Waals surface area contributed by atoms with Crippen LogP contribution < -0.4 is 10.2 Å². The highest BCUT2D eigenvalue weighted by Crippen LogP contribution is 2.33. The molecule has 0 radical (unpaired) electrons. The van der Waals surface area contributed by atoms with Gasteiger partial charge in [0.25, 0.3) is 5.91 Å². The molecule has 3 aromatic carbocycles. The largest absolute Gasteiger partial charge is 0.378 e. The number of morpholine rings is 1. The van der Waals surface area contributed by atoms with E-state index in [9.17, 15) is 9.59 Å². The summed E-state index contributed by atoms with van der Waals surface area (Å²) in [5.41, 5.74) is 6.46. The van der Waals surface area contributed by atoms with Crippen molar-refractivity contribution in [3.05, 3.63) is 82.4 Å². The van der Waals surface area contributed by atoms with Gasteiger partial charge in [-0.3, -0.25) is 9.69 Å². The number of anilines is 2. The van der Waals surface area contributed by atoms with Crippen molar-refractivity contribution in [3.63, 3.8) is 0 Å². The van der Waals surface area contributed by atoms with E-state index < -0.39 is 0 Å². The highest BCUT2D eigenvalue weighted by molar-refractivity contribution is 6.33. The molecule has 2 heterocycles. The molecular weight excluding hydrogens is 450 g/mol. The molecule has 7 heteroatoms. The highest BCUT2D eigenvalue weighted by Gasteiger charge is 2.25. The van der Waals surface area contributed by atoms with Crippen LogP contribution in [0.2, 0.25) is 5.02 Å². The fourth-order valence-corrected chi connectivity index (χ4v) is 4.73. The van der Waals surface area contributed by atoms with Crippen molar-refractivity contribution in [2.75, 3.05) is 43.1 Å². The number of nitrogens with one attached hydrogen (secondary N) is 1. The molecule has 0 spiro atoms. The molecule has 1 N–H and O–H groups in total. The Morgan fingerprint density at radius 1 is 0.912 bits per heavy atom. The minimum Gasteiger partial charge on any atom is -0.378 e. The number of ether oxygens (including phenoxy) is 1. The van der Waals surface area contributed by atoms with Crippen molar-refractivity contribution in [1.29, 1.82) is 0 Å². The van der Waals surface area contributed by atoms with Crippen LogP contribution in [0.1, 0.15) is 21.5 Å². The summed E-state index contributed by atoms with van der Waals surface area (Å²) in [7, 11) is 0. The van der Waals surface area contributed by atoms with Gasteiger partial charge in [-0.15, -0.1) is 0 Å². The van der Waals surface area contributed by atoms with Crippen LogP contribution in [-0.4, -0.2) is 49.7 Å². The molecular formula is C27H26ClN3O3. The van der Waals surface area contributed by atoms with E-state index in [2.05, 4.69) is 11.4 Å². The number of nitrogens with zero attached hydrogens (tertiary/aromatic N) is 2. The topological polar surface area (TPSA) is 61.9 Å². The van der Waals surface area contributed by atoms with E-state index in [-0.39, 0.29) is 11.9 Å². The van der Waals surface area contributed by atoms with E-state index in [1.165, 1.54) is 0 Å². The van der Waals surface area contributed by atoms with Gasteiger partial charge in [0.05, 0.1) is 23.9 Å². The van der Waals surface area contributed by atoms with Crippen molar-refractivity contribution >= 4 is 34.9 Å². The number of amides is 3. The first-order valence-corrected chi connectivity index (χ1v) is 11.8. The van der Waals surface area contributed by atoms with Crippen LogP contribution in [0.25, 0.3) is 11.1 Å². The van der Waals surface area contributed by atoms with Crippen molar-refractivity contribution in [3.8, 4) is 11.1 Å². The molecule has 6 nitrogen and oxygen atoms in total. The molecule has 0 bridgehead atoms. The Hall–Kier alpha value is -3.35. The van der Waals surface area contributed by atoms with E-state index in [0.717, 1.165) is 34.4 Å². The number of hydrogen-bond acceptors (Lipinski definition) is 3. The quantitative estimate of drug-likeness (QED) is 0.553. The molecule has 1 fully saturated rings. The van der Waals surface area contributed by atoms with Gasteiger partial charge < -0.3 is 15.0 Å². The number of carbonyl (C=O) groups excluding carboxylic acids is 2. The number of halogens is 1. The van der Waals surface area contributed by atoms with E-state index in [1.807, 2.05) is 66.4 Å². The first-order valence-electron chi connectivity index (χ1n) is 11.4. The molecule has 34 heavy (non-hydrogen) atoms. The maximum Gasteiger partial charge on any atom is 0.326 e. The van der Waals surface area contributed by atoms with Crippen molar-refractivity contribution < 1.29 is 14.3 Å². The van der Waals surface area contributed by atoms with Crippen molar-refractivity contribution in [2.24, 2.45) is 0 Å². The molecule has 0 aliphatic carbocycles. The summed E-state index contributed by atoms with van der Waals surface area (Å²) >= 11 is 6.28. The normalized spacial score (nSPS) is 15.2. The predicted octanol–water partition coefficient (Wildman–Crippen LogP) is 5.38. The Bertz CT molecular complexity index is 1240. The number of benzene rings is 3. The Balaban J connectivity index is 1.30. The molecule has 3 aromatic rings. The minimum absolute atomic E-state index is 0.0409. The van der Waals surface area contributed by atoms with Crippen molar-refractivity contribution in [1.82, 2.24) is 4.90 Å². The Morgan fingerprint density at radius 2 is 1.65 bits per heavy atom. The molecule has 0 unspecified atom stereocenters. The van der Waals surface area contributed by atoms with Crippen LogP contribution >= 0.6 is 11.6 Å². The average molecular weight is 476 g/mol. The fourth-order valence-electron chi connectivity index (χ4n) is 4.45. The summed E-state index contributed by atoms with van der Waals surface area (Å²) in [5.74, 6) is 0.0409. The second kappa shape index (κ2) is 9.49. The summed E-state index contributed by atoms with van der Waals surface area (Å²) in [5, 5.41) is 3.45. The standard InChI is InChI=1S/C27H26ClN3O3/c1-18-2-8-24(23(28)16-18)29-27(33)31-11-10-22-17-21(7-9-25(22)31)19-3-5-20(6-4-19)26(32)30-12-14-34-15-13-30/h2-9,16-17H,10-15H2,1H3,(H,29,33). The van der Waals surface area contributed by atoms with Gasteiger partial charge in [0.1, 0.15) is 0 Å². The van der Waals surface area contributed by atoms with Gasteiger partial charge in [-0.05, 0) is 72.0 Å². The summed E-state index contributed by atoms with van der Waals surface area (Å²) in [6.45, 7) is 5.01. The van der Waals surface area contributed by atoms with Crippen LogP contribution in [0, 0.1) is 6.92 Å². The average Bonchev–Trinajstić information content (AvgIpc) is 3.29. The summed E-state index contributed by atoms with van der Waals surface area (Å²) in [6.07, 6.45) is 0.784. The molecule has 0 aromatic heterocycles. The van der Waals surface area contributed by atoms with Gasteiger partial charge in [-0.25, -0.2) is 4.79 Å². The van der Waals surface area contributed by atoms with Gasteiger partial charge in [-0.1, -0.05) is 35.9 Å². The second-order valence-electron chi connectivity index (χ2n) is 8.64. The number of urea groups is 1. The van der Waals surface area contributed by atoms with E-state index >= 15 is 0 Å². The first kappa shape index (κ1) is 22.4. The summed E-state index contributed by atoms with van der Waals surface area (Å²) < 4.78 is 5.33. The number of rotatable bonds is 3. The number of carbonyl (C=O) groups is 2. The lowest BCUT2D eigenvalue weighted by molar-refractivity contribution is 0.0303. The van der Waals surface area contributed by atoms with Gasteiger partial charge in [0.2, 0.25) is 0 Å². The fraction of sp³-hybridized carbons (Fsp3) is 0.259. The smallest absolute Gasteiger partial charge is 0.326 e. The predicted molar refractivity (Wildman–Crippen MR) is 135 cm³/mol. The molecule has 2 aliphatic rings. The Morgan fingerprint density at radius 3 is 2.38 bits per heavy atom. The maximum atomic E-state index is 12.9. The summed E-state index contributed by atoms with van der Waals surface area (Å²) in [4.78, 5) is 29.2. The molecule has 174 valence electrons. The number of hydrogen-bond donors (Lipinski definition) is 1. The van der Waals surface area contributed by atoms with Crippen LogP contribution in [0.3, 0.4) is 0 Å². The van der Waals surface area contributed by atoms with Crippen molar-refractivity contribution in [2.45, 2.75) is 13.3 Å². The lowest BCUT2D eigenvalue weighted by Crippen LogP contribution is -2.40. The molecule has 2 aliphatic heterocycles. The first-order chi connectivity index (χ1) is 16.5. The van der Waals surface area contributed by atoms with Crippen LogP contribution in [0.5, 0.6) is 0 Å². The van der Waals surface area contributed by atoms with Gasteiger partial charge >= 0.3 is 6.03 Å². The van der Waals surface area contributed by atoms with E-state index in [4.69, 9.17) is 16.3 Å². The lowest BCUT2D eigenvalue weighted by Gasteiger charge is -2.26. The van der Waals surface area contributed by atoms with Gasteiger partial charge in [-0.2, -0.15) is 0 Å². The number of fused-ring (bicyclic) bond motifs is 1. The zero-order valence-electron chi connectivity index (χ0n) is 19.0. The zero-order chi connectivity index (χ0) is 23.7. The third kappa shape index (κ3) is 4.52. The van der Waals surface area contributed by atoms with E-state index in [0.29, 0.717) is 49.1 Å². The zero-order valence-corrected chi connectivity index (χ0v) is 19.8. The third-order valence-electron chi connectivity index (χ3n) is 6.35. The maximum absolute atomic E-state index is 12.9.